The van der Waals surface area contributed by atoms with Gasteiger partial charge in [-0.05, 0) is 46.7 Å². The average Bonchev–Trinajstić information content (AvgIpc) is 2.37. The van der Waals surface area contributed by atoms with Crippen LogP contribution in [0, 0.1) is 0 Å². The molecule has 0 unspecified atom stereocenters. The van der Waals surface area contributed by atoms with Gasteiger partial charge in [0.05, 0.1) is 16.5 Å². The van der Waals surface area contributed by atoms with E-state index in [1.165, 1.54) is 0 Å². The van der Waals surface area contributed by atoms with Crippen LogP contribution in [-0.2, 0) is 14.6 Å². The Morgan fingerprint density at radius 2 is 1.95 bits per heavy atom. The van der Waals surface area contributed by atoms with E-state index in [9.17, 15) is 13.2 Å². The Morgan fingerprint density at radius 3 is 2.50 bits per heavy atom. The lowest BCUT2D eigenvalue weighted by Gasteiger charge is -2.33. The minimum Gasteiger partial charge on any atom is -0.354 e. The first-order valence-electron chi connectivity index (χ1n) is 7.43. The number of nitrogens with zero attached hydrogens (tertiary/aromatic N) is 1. The summed E-state index contributed by atoms with van der Waals surface area (Å²) in [6.07, 6.45) is 3.07. The summed E-state index contributed by atoms with van der Waals surface area (Å²) in [7, 11) is -3.17. The van der Waals surface area contributed by atoms with Crippen molar-refractivity contribution in [1.82, 2.24) is 10.2 Å². The van der Waals surface area contributed by atoms with E-state index in [4.69, 9.17) is 0 Å². The molecule has 1 N–H and O–H groups in total. The van der Waals surface area contributed by atoms with Gasteiger partial charge in [0, 0.05) is 6.54 Å². The highest BCUT2D eigenvalue weighted by Crippen LogP contribution is 2.17. The third-order valence-electron chi connectivity index (χ3n) is 3.93. The van der Waals surface area contributed by atoms with Crippen LogP contribution in [0.1, 0.15) is 47.0 Å². The fourth-order valence-electron chi connectivity index (χ4n) is 2.40. The van der Waals surface area contributed by atoms with E-state index in [0.29, 0.717) is 0 Å². The van der Waals surface area contributed by atoms with Crippen molar-refractivity contribution in [2.45, 2.75) is 57.7 Å². The zero-order valence-corrected chi connectivity index (χ0v) is 13.9. The Kier molecular flexibility index (Phi) is 6.01. The molecule has 0 radical (unpaired) electrons. The minimum atomic E-state index is -3.17. The lowest BCUT2D eigenvalue weighted by molar-refractivity contribution is -0.127. The Morgan fingerprint density at radius 1 is 1.30 bits per heavy atom. The molecule has 5 nitrogen and oxygen atoms in total. The molecule has 0 saturated carbocycles. The fraction of sp³-hybridized carbons (Fsp3) is 0.929. The molecule has 1 amide bonds. The highest BCUT2D eigenvalue weighted by Gasteiger charge is 2.30. The van der Waals surface area contributed by atoms with Gasteiger partial charge >= 0.3 is 0 Å². The SMILES string of the molecule is CCN1CCCC[C@H]1C(=O)NCCS(=O)(=O)C(C)(C)C. The fourth-order valence-corrected chi connectivity index (χ4v) is 3.38. The summed E-state index contributed by atoms with van der Waals surface area (Å²) in [4.78, 5) is 14.3. The molecule has 0 aliphatic carbocycles. The molecule has 0 aromatic heterocycles. The summed E-state index contributed by atoms with van der Waals surface area (Å²) in [5.41, 5.74) is 0. The molecule has 1 fully saturated rings. The van der Waals surface area contributed by atoms with E-state index in [-0.39, 0.29) is 24.2 Å². The summed E-state index contributed by atoms with van der Waals surface area (Å²) in [5, 5.41) is 2.79. The van der Waals surface area contributed by atoms with E-state index < -0.39 is 14.6 Å². The van der Waals surface area contributed by atoms with Crippen LogP contribution in [0.15, 0.2) is 0 Å². The first-order valence-corrected chi connectivity index (χ1v) is 9.08. The molecule has 1 saturated heterocycles. The smallest absolute Gasteiger partial charge is 0.237 e. The van der Waals surface area contributed by atoms with Crippen LogP contribution < -0.4 is 5.32 Å². The van der Waals surface area contributed by atoms with E-state index in [1.807, 2.05) is 0 Å². The lowest BCUT2D eigenvalue weighted by Crippen LogP contribution is -2.50. The molecule has 20 heavy (non-hydrogen) atoms. The second-order valence-electron chi connectivity index (χ2n) is 6.36. The van der Waals surface area contributed by atoms with E-state index in [1.54, 1.807) is 20.8 Å². The molecule has 1 atom stereocenters. The van der Waals surface area contributed by atoms with Crippen molar-refractivity contribution in [3.05, 3.63) is 0 Å². The van der Waals surface area contributed by atoms with Crippen molar-refractivity contribution < 1.29 is 13.2 Å². The van der Waals surface area contributed by atoms with Gasteiger partial charge in [0.1, 0.15) is 0 Å². The van der Waals surface area contributed by atoms with Crippen molar-refractivity contribution in [3.63, 3.8) is 0 Å². The topological polar surface area (TPSA) is 66.5 Å². The lowest BCUT2D eigenvalue weighted by atomic mass is 10.0. The highest BCUT2D eigenvalue weighted by atomic mass is 32.2. The Labute approximate surface area is 123 Å². The van der Waals surface area contributed by atoms with Crippen molar-refractivity contribution in [2.75, 3.05) is 25.4 Å². The van der Waals surface area contributed by atoms with Gasteiger partial charge < -0.3 is 5.32 Å². The maximum absolute atomic E-state index is 12.2. The Balaban J connectivity index is 2.47. The number of hydrogen-bond donors (Lipinski definition) is 1. The van der Waals surface area contributed by atoms with Crippen LogP contribution in [0.5, 0.6) is 0 Å². The van der Waals surface area contributed by atoms with Gasteiger partial charge in [0.25, 0.3) is 0 Å². The zero-order valence-electron chi connectivity index (χ0n) is 13.1. The number of amides is 1. The second kappa shape index (κ2) is 6.89. The zero-order chi connectivity index (χ0) is 15.4. The molecule has 0 spiro atoms. The summed E-state index contributed by atoms with van der Waals surface area (Å²) in [6.45, 7) is 9.12. The molecule has 1 heterocycles. The highest BCUT2D eigenvalue weighted by molar-refractivity contribution is 7.92. The number of hydrogen-bond acceptors (Lipinski definition) is 4. The first-order chi connectivity index (χ1) is 9.19. The van der Waals surface area contributed by atoms with E-state index >= 15 is 0 Å². The van der Waals surface area contributed by atoms with Gasteiger partial charge in [-0.2, -0.15) is 0 Å². The predicted molar refractivity (Wildman–Crippen MR) is 81.4 cm³/mol. The minimum absolute atomic E-state index is 0.00108. The van der Waals surface area contributed by atoms with Crippen molar-refractivity contribution in [3.8, 4) is 0 Å². The van der Waals surface area contributed by atoms with E-state index in [2.05, 4.69) is 17.1 Å². The molecule has 6 heteroatoms. The molecular formula is C14H28N2O3S. The number of piperidine rings is 1. The number of nitrogens with one attached hydrogen (secondary N) is 1. The number of carbonyl (C=O) groups excluding carboxylic acids is 1. The van der Waals surface area contributed by atoms with Gasteiger partial charge in [-0.3, -0.25) is 9.69 Å². The van der Waals surface area contributed by atoms with Crippen molar-refractivity contribution >= 4 is 15.7 Å². The molecular weight excluding hydrogens is 276 g/mol. The number of carbonyl (C=O) groups is 1. The van der Waals surface area contributed by atoms with Crippen LogP contribution in [0.4, 0.5) is 0 Å². The van der Waals surface area contributed by atoms with Gasteiger partial charge in [-0.15, -0.1) is 0 Å². The average molecular weight is 304 g/mol. The number of rotatable bonds is 5. The predicted octanol–water partition coefficient (Wildman–Crippen LogP) is 1.19. The van der Waals surface area contributed by atoms with Crippen LogP contribution in [-0.4, -0.2) is 55.4 Å². The summed E-state index contributed by atoms with van der Waals surface area (Å²) >= 11 is 0. The van der Waals surface area contributed by atoms with Crippen LogP contribution in [0.2, 0.25) is 0 Å². The molecule has 1 rings (SSSR count). The van der Waals surface area contributed by atoms with Gasteiger partial charge in [0.2, 0.25) is 5.91 Å². The number of likely N-dealkylation sites (N-methyl/N-ethyl adjacent to an activating group) is 1. The third kappa shape index (κ3) is 4.45. The molecule has 0 aromatic carbocycles. The maximum atomic E-state index is 12.2. The van der Waals surface area contributed by atoms with Gasteiger partial charge in [-0.25, -0.2) is 8.42 Å². The monoisotopic (exact) mass is 304 g/mol. The first kappa shape index (κ1) is 17.4. The second-order valence-corrected chi connectivity index (χ2v) is 9.22. The summed E-state index contributed by atoms with van der Waals surface area (Å²) in [5.74, 6) is -0.0307. The van der Waals surface area contributed by atoms with Gasteiger partial charge in [-0.1, -0.05) is 13.3 Å². The van der Waals surface area contributed by atoms with Crippen molar-refractivity contribution in [1.29, 1.82) is 0 Å². The number of likely N-dealkylation sites (tertiary alicyclic amines) is 1. The summed E-state index contributed by atoms with van der Waals surface area (Å²) < 4.78 is 23.2. The maximum Gasteiger partial charge on any atom is 0.237 e. The largest absolute Gasteiger partial charge is 0.354 e. The molecule has 1 aliphatic heterocycles. The normalized spacial score (nSPS) is 21.7. The Hall–Kier alpha value is -0.620. The quantitative estimate of drug-likeness (QED) is 0.828. The molecule has 0 bridgehead atoms. The number of sulfone groups is 1. The molecule has 1 aliphatic rings. The van der Waals surface area contributed by atoms with Crippen LogP contribution >= 0.6 is 0 Å². The third-order valence-corrected chi connectivity index (χ3v) is 6.53. The molecule has 0 aromatic rings. The van der Waals surface area contributed by atoms with Crippen molar-refractivity contribution in [2.24, 2.45) is 0 Å². The summed E-state index contributed by atoms with van der Waals surface area (Å²) in [6, 6.07) is -0.0916. The van der Waals surface area contributed by atoms with Crippen LogP contribution in [0.3, 0.4) is 0 Å². The van der Waals surface area contributed by atoms with E-state index in [0.717, 1.165) is 32.4 Å². The van der Waals surface area contributed by atoms with Gasteiger partial charge in [0.15, 0.2) is 9.84 Å². The standard InChI is InChI=1S/C14H28N2O3S/c1-5-16-10-7-6-8-12(16)13(17)15-9-11-20(18,19)14(2,3)4/h12H,5-11H2,1-4H3,(H,15,17)/t12-/m0/s1. The molecule has 118 valence electrons. The Bertz CT molecular complexity index is 426. The van der Waals surface area contributed by atoms with Crippen LogP contribution in [0.25, 0.3) is 0 Å².